The fraction of sp³-hybridized carbons (Fsp3) is 0.375. The number of amides is 1. The highest BCUT2D eigenvalue weighted by molar-refractivity contribution is 6.42. The van der Waals surface area contributed by atoms with E-state index in [-0.39, 0.29) is 18.6 Å². The largest absolute Gasteiger partial charge is 0.390 e. The molecule has 1 aliphatic rings. The zero-order valence-corrected chi connectivity index (χ0v) is 14.3. The van der Waals surface area contributed by atoms with E-state index in [9.17, 15) is 4.79 Å². The van der Waals surface area contributed by atoms with E-state index in [1.807, 2.05) is 6.07 Å². The Hall–Kier alpha value is -1.56. The molecule has 0 N–H and O–H groups in total. The van der Waals surface area contributed by atoms with Gasteiger partial charge < -0.3 is 14.5 Å². The van der Waals surface area contributed by atoms with Crippen LogP contribution >= 0.6 is 23.2 Å². The summed E-state index contributed by atoms with van der Waals surface area (Å²) in [6, 6.07) is 5.32. The Bertz CT molecular complexity index is 619. The Morgan fingerprint density at radius 1 is 1.52 bits per heavy atom. The molecule has 1 aromatic rings. The number of oxime groups is 1. The molecule has 1 heterocycles. The molecule has 7 heteroatoms. The Kier molecular flexibility index (Phi) is 6.45. The van der Waals surface area contributed by atoms with Gasteiger partial charge in [-0.2, -0.15) is 0 Å². The van der Waals surface area contributed by atoms with Gasteiger partial charge in [-0.15, -0.1) is 6.58 Å². The Morgan fingerprint density at radius 3 is 2.96 bits per heavy atom. The maximum atomic E-state index is 12.0. The van der Waals surface area contributed by atoms with E-state index in [1.54, 1.807) is 23.1 Å². The van der Waals surface area contributed by atoms with E-state index in [4.69, 9.17) is 32.8 Å². The molecule has 5 nitrogen and oxygen atoms in total. The molecule has 124 valence electrons. The predicted molar refractivity (Wildman–Crippen MR) is 91.1 cm³/mol. The fourth-order valence-electron chi connectivity index (χ4n) is 2.27. The van der Waals surface area contributed by atoms with Gasteiger partial charge in [0.05, 0.1) is 22.3 Å². The number of halogens is 2. The van der Waals surface area contributed by atoms with Crippen molar-refractivity contribution < 1.29 is 14.4 Å². The molecule has 0 saturated carbocycles. The van der Waals surface area contributed by atoms with Crippen LogP contribution in [0.15, 0.2) is 36.0 Å². The van der Waals surface area contributed by atoms with Crippen LogP contribution in [0, 0.1) is 0 Å². The third-order valence-electron chi connectivity index (χ3n) is 3.38. The van der Waals surface area contributed by atoms with Crippen LogP contribution in [0.1, 0.15) is 12.0 Å². The summed E-state index contributed by atoms with van der Waals surface area (Å²) in [5.74, 6) is -0.112. The van der Waals surface area contributed by atoms with E-state index < -0.39 is 0 Å². The van der Waals surface area contributed by atoms with Gasteiger partial charge in [0.15, 0.2) is 6.10 Å². The number of nitrogens with zero attached hydrogens (tertiary/aromatic N) is 2. The van der Waals surface area contributed by atoms with Crippen molar-refractivity contribution >= 4 is 34.8 Å². The Labute approximate surface area is 145 Å². The lowest BCUT2D eigenvalue weighted by Gasteiger charge is -2.23. The van der Waals surface area contributed by atoms with Crippen LogP contribution in [0.5, 0.6) is 0 Å². The Balaban J connectivity index is 1.98. The third-order valence-corrected chi connectivity index (χ3v) is 4.12. The molecule has 0 aromatic heterocycles. The maximum Gasteiger partial charge on any atom is 0.248 e. The monoisotopic (exact) mass is 356 g/mol. The summed E-state index contributed by atoms with van der Waals surface area (Å²) < 4.78 is 4.89. The van der Waals surface area contributed by atoms with Gasteiger partial charge in [0.1, 0.15) is 6.61 Å². The molecule has 1 unspecified atom stereocenters. The van der Waals surface area contributed by atoms with Gasteiger partial charge in [-0.3, -0.25) is 4.79 Å². The number of methoxy groups -OCH3 is 1. The molecule has 0 aliphatic carbocycles. The van der Waals surface area contributed by atoms with Crippen LogP contribution in [0.2, 0.25) is 10.0 Å². The summed E-state index contributed by atoms with van der Waals surface area (Å²) in [6.45, 7) is 4.55. The zero-order valence-electron chi connectivity index (χ0n) is 12.8. The first-order valence-electron chi connectivity index (χ1n) is 7.11. The first-order valence-corrected chi connectivity index (χ1v) is 7.86. The number of hydrogen-bond donors (Lipinski definition) is 0. The third kappa shape index (κ3) is 4.70. The minimum atomic E-state index is -0.208. The lowest BCUT2D eigenvalue weighted by Crippen LogP contribution is -2.39. The maximum absolute atomic E-state index is 12.0. The number of benzene rings is 1. The zero-order chi connectivity index (χ0) is 16.8. The summed E-state index contributed by atoms with van der Waals surface area (Å²) in [7, 11) is 1.49. The normalized spacial score (nSPS) is 16.7. The predicted octanol–water partition coefficient (Wildman–Crippen LogP) is 3.15. The highest BCUT2D eigenvalue weighted by atomic mass is 35.5. The highest BCUT2D eigenvalue weighted by Gasteiger charge is 2.26. The lowest BCUT2D eigenvalue weighted by molar-refractivity contribution is -0.136. The summed E-state index contributed by atoms with van der Waals surface area (Å²) in [4.78, 5) is 19.1. The van der Waals surface area contributed by atoms with Crippen molar-refractivity contribution in [3.63, 3.8) is 0 Å². The quantitative estimate of drug-likeness (QED) is 0.705. The molecule has 0 radical (unpaired) electrons. The van der Waals surface area contributed by atoms with Crippen LogP contribution in [-0.4, -0.2) is 49.4 Å². The van der Waals surface area contributed by atoms with Gasteiger partial charge in [0.25, 0.3) is 0 Å². The van der Waals surface area contributed by atoms with E-state index in [1.165, 1.54) is 7.11 Å². The molecule has 1 atom stereocenters. The number of carbonyl (C=O) groups excluding carboxylic acids is 1. The molecule has 1 aromatic carbocycles. The van der Waals surface area contributed by atoms with E-state index in [0.717, 1.165) is 11.3 Å². The molecular weight excluding hydrogens is 339 g/mol. The molecule has 1 amide bonds. The van der Waals surface area contributed by atoms with Crippen LogP contribution in [0.25, 0.3) is 0 Å². The van der Waals surface area contributed by atoms with Crippen molar-refractivity contribution in [1.29, 1.82) is 0 Å². The second kappa shape index (κ2) is 8.34. The molecular formula is C16H18Cl2N2O3. The molecule has 2 rings (SSSR count). The first kappa shape index (κ1) is 17.8. The van der Waals surface area contributed by atoms with Crippen molar-refractivity contribution in [1.82, 2.24) is 4.90 Å². The van der Waals surface area contributed by atoms with Gasteiger partial charge in [-0.05, 0) is 12.1 Å². The number of ether oxygens (including phenoxy) is 1. The van der Waals surface area contributed by atoms with Crippen molar-refractivity contribution in [3.05, 3.63) is 46.5 Å². The number of carbonyl (C=O) groups is 1. The van der Waals surface area contributed by atoms with E-state index >= 15 is 0 Å². The molecule has 0 bridgehead atoms. The summed E-state index contributed by atoms with van der Waals surface area (Å²) in [6.07, 6.45) is 2.05. The van der Waals surface area contributed by atoms with Gasteiger partial charge in [0.2, 0.25) is 5.91 Å². The van der Waals surface area contributed by atoms with Gasteiger partial charge in [0, 0.05) is 25.6 Å². The van der Waals surface area contributed by atoms with Crippen molar-refractivity contribution in [3.8, 4) is 0 Å². The van der Waals surface area contributed by atoms with Crippen molar-refractivity contribution in [2.24, 2.45) is 5.16 Å². The van der Waals surface area contributed by atoms with Crippen LogP contribution in [-0.2, 0) is 14.4 Å². The van der Waals surface area contributed by atoms with Gasteiger partial charge in [-0.25, -0.2) is 0 Å². The number of rotatable bonds is 7. The minimum Gasteiger partial charge on any atom is -0.390 e. The molecule has 0 spiro atoms. The Morgan fingerprint density at radius 2 is 2.30 bits per heavy atom. The van der Waals surface area contributed by atoms with Crippen molar-refractivity contribution in [2.75, 3.05) is 26.8 Å². The van der Waals surface area contributed by atoms with Crippen LogP contribution in [0.3, 0.4) is 0 Å². The number of hydrogen-bond acceptors (Lipinski definition) is 4. The topological polar surface area (TPSA) is 51.1 Å². The fourth-order valence-corrected chi connectivity index (χ4v) is 2.57. The average Bonchev–Trinajstić information content (AvgIpc) is 2.98. The van der Waals surface area contributed by atoms with Gasteiger partial charge in [-0.1, -0.05) is 40.5 Å². The summed E-state index contributed by atoms with van der Waals surface area (Å²) in [5.41, 5.74) is 1.65. The van der Waals surface area contributed by atoms with E-state index in [0.29, 0.717) is 29.6 Å². The molecule has 23 heavy (non-hydrogen) atoms. The highest BCUT2D eigenvalue weighted by Crippen LogP contribution is 2.25. The van der Waals surface area contributed by atoms with Crippen LogP contribution < -0.4 is 0 Å². The first-order chi connectivity index (χ1) is 11.0. The smallest absolute Gasteiger partial charge is 0.248 e. The average molecular weight is 357 g/mol. The molecule has 1 aliphatic heterocycles. The van der Waals surface area contributed by atoms with Gasteiger partial charge >= 0.3 is 0 Å². The SMILES string of the molecule is C=CCN(CC1CC(c2ccc(Cl)c(Cl)c2)=NO1)C(=O)COC. The second-order valence-corrected chi connectivity index (χ2v) is 5.93. The van der Waals surface area contributed by atoms with Crippen LogP contribution in [0.4, 0.5) is 0 Å². The lowest BCUT2D eigenvalue weighted by atomic mass is 10.0. The standard InChI is InChI=1S/C16H18Cl2N2O3/c1-3-6-20(16(21)10-22-2)9-12-8-15(19-23-12)11-4-5-13(17)14(18)7-11/h3-5,7,12H,1,6,8-10H2,2H3. The van der Waals surface area contributed by atoms with Crippen molar-refractivity contribution in [2.45, 2.75) is 12.5 Å². The minimum absolute atomic E-state index is 0.0288. The summed E-state index contributed by atoms with van der Waals surface area (Å²) >= 11 is 11.9. The summed E-state index contributed by atoms with van der Waals surface area (Å²) in [5, 5.41) is 5.06. The second-order valence-electron chi connectivity index (χ2n) is 5.12. The van der Waals surface area contributed by atoms with E-state index in [2.05, 4.69) is 11.7 Å². The molecule has 0 fully saturated rings. The molecule has 0 saturated heterocycles.